The summed E-state index contributed by atoms with van der Waals surface area (Å²) in [5.74, 6) is 0.0698. The minimum Gasteiger partial charge on any atom is -0.482 e. The Balaban J connectivity index is 2.47. The van der Waals surface area contributed by atoms with Crippen molar-refractivity contribution in [3.8, 4) is 5.75 Å². The average Bonchev–Trinajstić information content (AvgIpc) is 2.27. The van der Waals surface area contributed by atoms with Gasteiger partial charge in [0.05, 0.1) is 11.6 Å². The van der Waals surface area contributed by atoms with Gasteiger partial charge in [0, 0.05) is 11.1 Å². The fourth-order valence-corrected chi connectivity index (χ4v) is 1.56. The van der Waals surface area contributed by atoms with E-state index in [1.54, 1.807) is 19.1 Å². The first-order chi connectivity index (χ1) is 8.02. The molecule has 0 aliphatic carbocycles. The fourth-order valence-electron chi connectivity index (χ4n) is 1.10. The molecule has 1 amide bonds. The van der Waals surface area contributed by atoms with Crippen LogP contribution in [0.2, 0.25) is 10.0 Å². The van der Waals surface area contributed by atoms with Crippen molar-refractivity contribution in [2.45, 2.75) is 13.0 Å². The molecule has 1 aromatic rings. The summed E-state index contributed by atoms with van der Waals surface area (Å²) < 4.78 is 5.21. The second kappa shape index (κ2) is 6.69. The molecular formula is C11H13Cl2NO3. The van der Waals surface area contributed by atoms with Gasteiger partial charge < -0.3 is 15.2 Å². The van der Waals surface area contributed by atoms with E-state index in [1.807, 2.05) is 0 Å². The van der Waals surface area contributed by atoms with Crippen LogP contribution in [0.25, 0.3) is 0 Å². The SMILES string of the molecule is C[C@@H](CO)NC(=O)COc1ccc(Cl)cc1Cl. The van der Waals surface area contributed by atoms with E-state index in [0.29, 0.717) is 15.8 Å². The molecule has 4 nitrogen and oxygen atoms in total. The highest BCUT2D eigenvalue weighted by molar-refractivity contribution is 6.35. The van der Waals surface area contributed by atoms with Crippen LogP contribution >= 0.6 is 23.2 Å². The van der Waals surface area contributed by atoms with Crippen molar-refractivity contribution >= 4 is 29.1 Å². The zero-order valence-corrected chi connectivity index (χ0v) is 10.8. The van der Waals surface area contributed by atoms with Crippen molar-refractivity contribution in [2.24, 2.45) is 0 Å². The van der Waals surface area contributed by atoms with Gasteiger partial charge in [0.2, 0.25) is 0 Å². The van der Waals surface area contributed by atoms with Gasteiger partial charge in [-0.3, -0.25) is 4.79 Å². The van der Waals surface area contributed by atoms with E-state index in [1.165, 1.54) is 6.07 Å². The number of carbonyl (C=O) groups excluding carboxylic acids is 1. The number of nitrogens with one attached hydrogen (secondary N) is 1. The average molecular weight is 278 g/mol. The number of ether oxygens (including phenoxy) is 1. The minimum atomic E-state index is -0.322. The normalized spacial score (nSPS) is 12.0. The third-order valence-corrected chi connectivity index (χ3v) is 2.46. The monoisotopic (exact) mass is 277 g/mol. The molecule has 0 aliphatic rings. The molecule has 1 aromatic carbocycles. The van der Waals surface area contributed by atoms with Gasteiger partial charge in [0.15, 0.2) is 6.61 Å². The summed E-state index contributed by atoms with van der Waals surface area (Å²) in [6.45, 7) is 1.41. The lowest BCUT2D eigenvalue weighted by Crippen LogP contribution is -2.38. The zero-order chi connectivity index (χ0) is 12.8. The summed E-state index contributed by atoms with van der Waals surface area (Å²) in [6, 6.07) is 4.45. The lowest BCUT2D eigenvalue weighted by atomic mass is 10.3. The number of hydrogen-bond donors (Lipinski definition) is 2. The number of amides is 1. The molecule has 1 rings (SSSR count). The number of benzene rings is 1. The molecule has 0 aromatic heterocycles. The fraction of sp³-hybridized carbons (Fsp3) is 0.364. The second-order valence-corrected chi connectivity index (χ2v) is 4.36. The van der Waals surface area contributed by atoms with Crippen molar-refractivity contribution in [2.75, 3.05) is 13.2 Å². The van der Waals surface area contributed by atoms with Crippen LogP contribution in [0.4, 0.5) is 0 Å². The highest BCUT2D eigenvalue weighted by Crippen LogP contribution is 2.27. The molecule has 0 fully saturated rings. The van der Waals surface area contributed by atoms with Crippen molar-refractivity contribution < 1.29 is 14.6 Å². The Bertz CT molecular complexity index is 398. The van der Waals surface area contributed by atoms with Gasteiger partial charge in [0.25, 0.3) is 5.91 Å². The van der Waals surface area contributed by atoms with Crippen molar-refractivity contribution in [1.82, 2.24) is 5.32 Å². The van der Waals surface area contributed by atoms with Crippen LogP contribution < -0.4 is 10.1 Å². The number of carbonyl (C=O) groups is 1. The predicted molar refractivity (Wildman–Crippen MR) is 66.6 cm³/mol. The van der Waals surface area contributed by atoms with Crippen LogP contribution in [-0.4, -0.2) is 30.3 Å². The van der Waals surface area contributed by atoms with Gasteiger partial charge in [0.1, 0.15) is 5.75 Å². The Morgan fingerprint density at radius 2 is 2.24 bits per heavy atom. The van der Waals surface area contributed by atoms with E-state index in [0.717, 1.165) is 0 Å². The van der Waals surface area contributed by atoms with Gasteiger partial charge >= 0.3 is 0 Å². The molecule has 17 heavy (non-hydrogen) atoms. The van der Waals surface area contributed by atoms with E-state index in [2.05, 4.69) is 5.32 Å². The van der Waals surface area contributed by atoms with E-state index in [4.69, 9.17) is 33.0 Å². The molecule has 6 heteroatoms. The van der Waals surface area contributed by atoms with E-state index in [-0.39, 0.29) is 25.2 Å². The molecule has 94 valence electrons. The van der Waals surface area contributed by atoms with E-state index in [9.17, 15) is 4.79 Å². The predicted octanol–water partition coefficient (Wildman–Crippen LogP) is 1.87. The molecule has 0 saturated heterocycles. The van der Waals surface area contributed by atoms with Crippen LogP contribution in [0.1, 0.15) is 6.92 Å². The smallest absolute Gasteiger partial charge is 0.258 e. The van der Waals surface area contributed by atoms with Gasteiger partial charge in [-0.1, -0.05) is 23.2 Å². The van der Waals surface area contributed by atoms with Crippen molar-refractivity contribution in [3.63, 3.8) is 0 Å². The minimum absolute atomic E-state index is 0.118. The van der Waals surface area contributed by atoms with Gasteiger partial charge in [-0.05, 0) is 25.1 Å². The molecule has 0 aliphatic heterocycles. The maximum Gasteiger partial charge on any atom is 0.258 e. The lowest BCUT2D eigenvalue weighted by molar-refractivity contribution is -0.123. The molecule has 1 atom stereocenters. The van der Waals surface area contributed by atoms with Gasteiger partial charge in [-0.15, -0.1) is 0 Å². The Morgan fingerprint density at radius 1 is 1.53 bits per heavy atom. The molecule has 0 spiro atoms. The third-order valence-electron chi connectivity index (χ3n) is 1.93. The molecule has 2 N–H and O–H groups in total. The van der Waals surface area contributed by atoms with Crippen molar-refractivity contribution in [1.29, 1.82) is 0 Å². The first kappa shape index (κ1) is 14.1. The number of rotatable bonds is 5. The first-order valence-corrected chi connectivity index (χ1v) is 5.76. The second-order valence-electron chi connectivity index (χ2n) is 3.51. The molecular weight excluding hydrogens is 265 g/mol. The Kier molecular flexibility index (Phi) is 5.55. The summed E-state index contributed by atoms with van der Waals surface area (Å²) in [4.78, 5) is 11.3. The summed E-state index contributed by atoms with van der Waals surface area (Å²) in [5.41, 5.74) is 0. The lowest BCUT2D eigenvalue weighted by Gasteiger charge is -2.12. The highest BCUT2D eigenvalue weighted by Gasteiger charge is 2.08. The number of aliphatic hydroxyl groups excluding tert-OH is 1. The third kappa shape index (κ3) is 4.81. The molecule has 0 bridgehead atoms. The Hall–Kier alpha value is -0.970. The number of hydrogen-bond acceptors (Lipinski definition) is 3. The van der Waals surface area contributed by atoms with Gasteiger partial charge in [-0.25, -0.2) is 0 Å². The van der Waals surface area contributed by atoms with E-state index < -0.39 is 0 Å². The molecule has 0 radical (unpaired) electrons. The summed E-state index contributed by atoms with van der Waals surface area (Å²) >= 11 is 11.6. The number of halogens is 2. The summed E-state index contributed by atoms with van der Waals surface area (Å²) in [7, 11) is 0. The molecule has 0 saturated carbocycles. The maximum absolute atomic E-state index is 11.3. The largest absolute Gasteiger partial charge is 0.482 e. The molecule has 0 unspecified atom stereocenters. The van der Waals surface area contributed by atoms with Crippen LogP contribution in [0.15, 0.2) is 18.2 Å². The first-order valence-electron chi connectivity index (χ1n) is 5.01. The Labute approximate surface area is 109 Å². The summed E-state index contributed by atoms with van der Waals surface area (Å²) in [6.07, 6.45) is 0. The van der Waals surface area contributed by atoms with Crippen LogP contribution in [0.5, 0.6) is 5.75 Å². The topological polar surface area (TPSA) is 58.6 Å². The maximum atomic E-state index is 11.3. The van der Waals surface area contributed by atoms with E-state index >= 15 is 0 Å². The standard InChI is InChI=1S/C11H13Cl2NO3/c1-7(5-15)14-11(16)6-17-10-3-2-8(12)4-9(10)13/h2-4,7,15H,5-6H2,1H3,(H,14,16)/t7-/m0/s1. The number of aliphatic hydroxyl groups is 1. The summed E-state index contributed by atoms with van der Waals surface area (Å²) in [5, 5.41) is 12.1. The van der Waals surface area contributed by atoms with Crippen LogP contribution in [-0.2, 0) is 4.79 Å². The van der Waals surface area contributed by atoms with Crippen LogP contribution in [0, 0.1) is 0 Å². The van der Waals surface area contributed by atoms with Gasteiger partial charge in [-0.2, -0.15) is 0 Å². The molecule has 0 heterocycles. The van der Waals surface area contributed by atoms with Crippen molar-refractivity contribution in [3.05, 3.63) is 28.2 Å². The quantitative estimate of drug-likeness (QED) is 0.864. The zero-order valence-electron chi connectivity index (χ0n) is 9.24. The van der Waals surface area contributed by atoms with Crippen LogP contribution in [0.3, 0.4) is 0 Å². The Morgan fingerprint density at radius 3 is 2.82 bits per heavy atom. The highest BCUT2D eigenvalue weighted by atomic mass is 35.5.